The van der Waals surface area contributed by atoms with E-state index < -0.39 is 15.8 Å². The number of aromatic amines is 1. The Hall–Kier alpha value is -3.37. The molecule has 11 heteroatoms. The molecule has 0 saturated heterocycles. The van der Waals surface area contributed by atoms with Gasteiger partial charge in [0.1, 0.15) is 24.6 Å². The molecule has 30 heavy (non-hydrogen) atoms. The number of ketones is 1. The predicted octanol–water partition coefficient (Wildman–Crippen LogP) is 3.05. The van der Waals surface area contributed by atoms with Crippen molar-refractivity contribution in [2.24, 2.45) is 0 Å². The first-order chi connectivity index (χ1) is 14.7. The third-order valence-corrected chi connectivity index (χ3v) is 6.09. The molecular formula is C19H15ClN6O3S. The van der Waals surface area contributed by atoms with Crippen LogP contribution in [0.5, 0.6) is 0 Å². The van der Waals surface area contributed by atoms with Crippen LogP contribution in [0, 0.1) is 13.8 Å². The van der Waals surface area contributed by atoms with Gasteiger partial charge in [0.2, 0.25) is 5.78 Å². The van der Waals surface area contributed by atoms with Gasteiger partial charge >= 0.3 is 0 Å². The lowest BCUT2D eigenvalue weighted by Crippen LogP contribution is -2.18. The Balaban J connectivity index is 1.79. The van der Waals surface area contributed by atoms with Gasteiger partial charge in [-0.2, -0.15) is 0 Å². The number of pyridine rings is 1. The van der Waals surface area contributed by atoms with Crippen molar-refractivity contribution < 1.29 is 14.6 Å². The molecule has 152 valence electrons. The summed E-state index contributed by atoms with van der Waals surface area (Å²) in [4.78, 5) is 31.8. The lowest BCUT2D eigenvalue weighted by molar-refractivity contribution is 0.103. The summed E-state index contributed by atoms with van der Waals surface area (Å²) in [7, 11) is -4.03. The molecule has 3 heterocycles. The second-order valence-electron chi connectivity index (χ2n) is 6.52. The number of sulfonamides is 1. The summed E-state index contributed by atoms with van der Waals surface area (Å²) >= 11 is 5.99. The fraction of sp³-hybridized carbons (Fsp3) is 0.105. The van der Waals surface area contributed by atoms with E-state index >= 15 is 0 Å². The Morgan fingerprint density at radius 2 is 1.93 bits per heavy atom. The van der Waals surface area contributed by atoms with E-state index in [9.17, 15) is 13.2 Å². The van der Waals surface area contributed by atoms with E-state index in [0.717, 1.165) is 6.33 Å². The number of hydrogen-bond donors (Lipinski definition) is 2. The maximum atomic E-state index is 13.2. The summed E-state index contributed by atoms with van der Waals surface area (Å²) < 4.78 is 35.9. The van der Waals surface area contributed by atoms with E-state index in [1.54, 1.807) is 13.8 Å². The second-order valence-corrected chi connectivity index (χ2v) is 8.61. The van der Waals surface area contributed by atoms with Crippen molar-refractivity contribution in [3.05, 3.63) is 70.6 Å². The zero-order valence-corrected chi connectivity index (χ0v) is 17.3. The number of aryl methyl sites for hydroxylation is 2. The van der Waals surface area contributed by atoms with Crippen molar-refractivity contribution in [1.29, 1.82) is 0 Å². The maximum absolute atomic E-state index is 13.2. The Kier molecular flexibility index (Phi) is 4.64. The van der Waals surface area contributed by atoms with Gasteiger partial charge in [-0.3, -0.25) is 14.5 Å². The van der Waals surface area contributed by atoms with Gasteiger partial charge in [-0.15, -0.1) is 0 Å². The van der Waals surface area contributed by atoms with Crippen LogP contribution in [0.3, 0.4) is 0 Å². The Labute approximate surface area is 178 Å². The van der Waals surface area contributed by atoms with Crippen LogP contribution in [-0.2, 0) is 10.0 Å². The van der Waals surface area contributed by atoms with Crippen molar-refractivity contribution in [2.75, 3.05) is 4.72 Å². The largest absolute Gasteiger partial charge is 0.329 e. The summed E-state index contributed by atoms with van der Waals surface area (Å²) in [6.07, 6.45) is 2.42. The first-order valence-electron chi connectivity index (χ1n) is 9.13. The number of carbonyl (C=O) groups excluding carboxylic acids is 1. The van der Waals surface area contributed by atoms with E-state index in [0.29, 0.717) is 16.1 Å². The average Bonchev–Trinajstić information content (AvgIpc) is 3.09. The highest BCUT2D eigenvalue weighted by Crippen LogP contribution is 2.25. The molecule has 2 N–H and O–H groups in total. The van der Waals surface area contributed by atoms with E-state index in [1.807, 2.05) is 0 Å². The van der Waals surface area contributed by atoms with E-state index in [-0.39, 0.29) is 39.4 Å². The molecule has 0 aliphatic carbocycles. The molecule has 0 bridgehead atoms. The number of H-pyrrole nitrogens is 1. The van der Waals surface area contributed by atoms with Crippen molar-refractivity contribution in [2.45, 2.75) is 18.7 Å². The molecule has 1 aromatic carbocycles. The molecular weight excluding hydrogens is 428 g/mol. The predicted molar refractivity (Wildman–Crippen MR) is 111 cm³/mol. The van der Waals surface area contributed by atoms with Gasteiger partial charge in [-0.1, -0.05) is 11.6 Å². The van der Waals surface area contributed by atoms with Gasteiger partial charge < -0.3 is 4.98 Å². The number of anilines is 1. The van der Waals surface area contributed by atoms with Crippen LogP contribution in [0.1, 0.15) is 28.7 Å². The number of fused-ring (bicyclic) bond motifs is 1. The molecule has 0 spiro atoms. The summed E-state index contributed by atoms with van der Waals surface area (Å²) in [5.41, 5.74) is 1.29. The lowest BCUT2D eigenvalue weighted by atomic mass is 10.1. The minimum atomic E-state index is -4.03. The van der Waals surface area contributed by atoms with Gasteiger partial charge in [0.15, 0.2) is 5.65 Å². The first-order valence-corrected chi connectivity index (χ1v) is 10.5. The standard InChI is InChI=1S/C19H15ClN6O3S/c1-10-5-14(26-30(28,29)12-3-4-13(20)11(2)6-12)15(21-7-10)18(27)16-17-19(24-8-22-16)25-9-23-17/h3-9,26H,1-2H3,(H,22,23,24,25)/i9D. The quantitative estimate of drug-likeness (QED) is 0.453. The van der Waals surface area contributed by atoms with Gasteiger partial charge in [0.05, 0.1) is 16.9 Å². The molecule has 0 radical (unpaired) electrons. The number of hydrogen-bond acceptors (Lipinski definition) is 7. The number of imidazole rings is 1. The number of nitrogens with one attached hydrogen (secondary N) is 2. The SMILES string of the molecule is [2H]c1nc2c(C(=O)c3ncc(C)cc3NS(=O)(=O)c3ccc(Cl)c(C)c3)ncnc2[nH]1. The fourth-order valence-electron chi connectivity index (χ4n) is 2.81. The number of carbonyl (C=O) groups is 1. The van der Waals surface area contributed by atoms with Crippen LogP contribution >= 0.6 is 11.6 Å². The first kappa shape index (κ1) is 18.6. The maximum Gasteiger partial charge on any atom is 0.261 e. The van der Waals surface area contributed by atoms with Gasteiger partial charge in [-0.25, -0.2) is 23.4 Å². The molecule has 0 aliphatic heterocycles. The minimum Gasteiger partial charge on any atom is -0.329 e. The molecule has 4 rings (SSSR count). The van der Waals surface area contributed by atoms with Crippen LogP contribution < -0.4 is 4.72 Å². The number of benzene rings is 1. The average molecular weight is 444 g/mol. The van der Waals surface area contributed by atoms with Crippen molar-refractivity contribution in [1.82, 2.24) is 24.9 Å². The number of aromatic nitrogens is 5. The Morgan fingerprint density at radius 3 is 2.70 bits per heavy atom. The van der Waals surface area contributed by atoms with Gasteiger partial charge in [-0.05, 0) is 49.2 Å². The van der Waals surface area contributed by atoms with Crippen molar-refractivity contribution >= 4 is 44.3 Å². The number of nitrogens with zero attached hydrogens (tertiary/aromatic N) is 4. The molecule has 0 aliphatic rings. The second kappa shape index (κ2) is 7.47. The van der Waals surface area contributed by atoms with Crippen molar-refractivity contribution in [3.8, 4) is 0 Å². The topological polar surface area (TPSA) is 131 Å². The zero-order valence-electron chi connectivity index (χ0n) is 16.8. The highest BCUT2D eigenvalue weighted by Gasteiger charge is 2.24. The van der Waals surface area contributed by atoms with E-state index in [1.165, 1.54) is 30.5 Å². The van der Waals surface area contributed by atoms with Gasteiger partial charge in [0, 0.05) is 11.2 Å². The van der Waals surface area contributed by atoms with Crippen LogP contribution in [0.4, 0.5) is 5.69 Å². The summed E-state index contributed by atoms with van der Waals surface area (Å²) in [6, 6.07) is 5.79. The van der Waals surface area contributed by atoms with E-state index in [4.69, 9.17) is 13.0 Å². The monoisotopic (exact) mass is 443 g/mol. The highest BCUT2D eigenvalue weighted by atomic mass is 35.5. The van der Waals surface area contributed by atoms with Crippen LogP contribution in [0.15, 0.2) is 48.0 Å². The minimum absolute atomic E-state index is 0.00834. The van der Waals surface area contributed by atoms with Gasteiger partial charge in [0.25, 0.3) is 10.0 Å². The molecule has 9 nitrogen and oxygen atoms in total. The Bertz CT molecular complexity index is 1450. The van der Waals surface area contributed by atoms with Crippen LogP contribution in [-0.4, -0.2) is 39.1 Å². The van der Waals surface area contributed by atoms with Crippen LogP contribution in [0.2, 0.25) is 5.02 Å². The van der Waals surface area contributed by atoms with Crippen molar-refractivity contribution in [3.63, 3.8) is 0 Å². The molecule has 4 aromatic rings. The molecule has 0 amide bonds. The summed E-state index contributed by atoms with van der Waals surface area (Å²) in [6.45, 7) is 3.41. The highest BCUT2D eigenvalue weighted by molar-refractivity contribution is 7.92. The molecule has 0 unspecified atom stereocenters. The van der Waals surface area contributed by atoms with Crippen LogP contribution in [0.25, 0.3) is 11.2 Å². The normalized spacial score (nSPS) is 12.0. The zero-order chi connectivity index (χ0) is 22.3. The Morgan fingerprint density at radius 1 is 1.13 bits per heavy atom. The molecule has 0 fully saturated rings. The molecule has 3 aromatic heterocycles. The molecule has 0 atom stereocenters. The number of halogens is 1. The summed E-state index contributed by atoms with van der Waals surface area (Å²) in [5.74, 6) is -0.663. The third kappa shape index (κ3) is 3.62. The number of rotatable bonds is 5. The smallest absolute Gasteiger partial charge is 0.261 e. The third-order valence-electron chi connectivity index (χ3n) is 4.30. The summed E-state index contributed by atoms with van der Waals surface area (Å²) in [5, 5.41) is 0.438. The lowest BCUT2D eigenvalue weighted by Gasteiger charge is -2.13. The molecule has 0 saturated carbocycles. The van der Waals surface area contributed by atoms with E-state index in [2.05, 4.69) is 29.6 Å². The fourth-order valence-corrected chi connectivity index (χ4v) is 4.07.